The second-order valence-electron chi connectivity index (χ2n) is 4.14. The summed E-state index contributed by atoms with van der Waals surface area (Å²) in [6.07, 6.45) is 1.80. The molecule has 2 nitrogen and oxygen atoms in total. The van der Waals surface area contributed by atoms with E-state index in [-0.39, 0.29) is 0 Å². The number of hydrogen-bond donors (Lipinski definition) is 0. The molecule has 3 rings (SSSR count). The van der Waals surface area contributed by atoms with Gasteiger partial charge in [-0.25, -0.2) is 4.98 Å². The van der Waals surface area contributed by atoms with Crippen LogP contribution in [0.1, 0.15) is 5.69 Å². The van der Waals surface area contributed by atoms with Gasteiger partial charge >= 0.3 is 0 Å². The lowest BCUT2D eigenvalue weighted by Crippen LogP contribution is -1.90. The highest BCUT2D eigenvalue weighted by Crippen LogP contribution is 2.26. The van der Waals surface area contributed by atoms with E-state index in [0.717, 1.165) is 32.3 Å². The van der Waals surface area contributed by atoms with E-state index in [1.54, 1.807) is 6.20 Å². The zero-order valence-corrected chi connectivity index (χ0v) is 11.5. The smallest absolute Gasteiger partial charge is 0.0851 e. The molecule has 0 saturated heterocycles. The fraction of sp³-hybridized carbons (Fsp3) is 0.0667. The highest BCUT2D eigenvalue weighted by atomic mass is 79.9. The van der Waals surface area contributed by atoms with E-state index < -0.39 is 0 Å². The van der Waals surface area contributed by atoms with Crippen molar-refractivity contribution in [3.05, 3.63) is 58.8 Å². The zero-order chi connectivity index (χ0) is 12.5. The minimum atomic E-state index is 0.958. The Morgan fingerprint density at radius 1 is 1.00 bits per heavy atom. The predicted octanol–water partition coefficient (Wildman–Crippen LogP) is 4.37. The van der Waals surface area contributed by atoms with Gasteiger partial charge in [-0.2, -0.15) is 0 Å². The van der Waals surface area contributed by atoms with Crippen LogP contribution < -0.4 is 0 Å². The van der Waals surface area contributed by atoms with Crippen LogP contribution in [0.25, 0.3) is 22.2 Å². The summed E-state index contributed by atoms with van der Waals surface area (Å²) in [7, 11) is 0. The molecule has 0 unspecified atom stereocenters. The second kappa shape index (κ2) is 4.50. The molecule has 0 N–H and O–H groups in total. The van der Waals surface area contributed by atoms with Crippen molar-refractivity contribution in [2.45, 2.75) is 6.92 Å². The van der Waals surface area contributed by atoms with Crippen LogP contribution in [0.2, 0.25) is 0 Å². The molecule has 0 saturated carbocycles. The molecule has 0 radical (unpaired) electrons. The number of aromatic nitrogens is 2. The van der Waals surface area contributed by atoms with Gasteiger partial charge in [0.25, 0.3) is 0 Å². The van der Waals surface area contributed by atoms with Crippen LogP contribution in [0.3, 0.4) is 0 Å². The number of para-hydroxylation sites is 1. The molecule has 88 valence electrons. The van der Waals surface area contributed by atoms with Crippen molar-refractivity contribution in [2.75, 3.05) is 0 Å². The summed E-state index contributed by atoms with van der Waals surface area (Å²) in [5, 5.41) is 1.13. The second-order valence-corrected chi connectivity index (χ2v) is 5.00. The van der Waals surface area contributed by atoms with Gasteiger partial charge in [-0.3, -0.25) is 4.98 Å². The fourth-order valence-electron chi connectivity index (χ4n) is 2.02. The molecule has 0 amide bonds. The number of halogens is 1. The van der Waals surface area contributed by atoms with Crippen LogP contribution in [0.4, 0.5) is 0 Å². The zero-order valence-electron chi connectivity index (χ0n) is 9.89. The lowest BCUT2D eigenvalue weighted by molar-refractivity contribution is 1.19. The van der Waals surface area contributed by atoms with Gasteiger partial charge in [0.2, 0.25) is 0 Å². The van der Waals surface area contributed by atoms with Gasteiger partial charge in [0.05, 0.1) is 11.2 Å². The Kier molecular flexibility index (Phi) is 2.84. The summed E-state index contributed by atoms with van der Waals surface area (Å²) in [6, 6.07) is 14.2. The molecule has 2 aromatic heterocycles. The highest BCUT2D eigenvalue weighted by Gasteiger charge is 2.06. The maximum Gasteiger partial charge on any atom is 0.0851 e. The maximum absolute atomic E-state index is 4.72. The van der Waals surface area contributed by atoms with Crippen LogP contribution >= 0.6 is 15.9 Å². The number of pyridine rings is 2. The minimum absolute atomic E-state index is 0.958. The van der Waals surface area contributed by atoms with E-state index in [0.29, 0.717) is 0 Å². The van der Waals surface area contributed by atoms with E-state index in [1.165, 1.54) is 0 Å². The SMILES string of the molecule is Cc1ncccc1-c1ccc2cccc(Br)c2n1. The molecule has 2 heterocycles. The molecule has 0 aliphatic carbocycles. The van der Waals surface area contributed by atoms with Crippen LogP contribution in [0.5, 0.6) is 0 Å². The summed E-state index contributed by atoms with van der Waals surface area (Å²) < 4.78 is 1.02. The topological polar surface area (TPSA) is 25.8 Å². The van der Waals surface area contributed by atoms with Gasteiger partial charge in [0.1, 0.15) is 0 Å². The van der Waals surface area contributed by atoms with Crippen molar-refractivity contribution >= 4 is 26.8 Å². The molecule has 0 spiro atoms. The number of hydrogen-bond acceptors (Lipinski definition) is 2. The van der Waals surface area contributed by atoms with Crippen molar-refractivity contribution in [3.8, 4) is 11.3 Å². The van der Waals surface area contributed by atoms with E-state index >= 15 is 0 Å². The molecule has 1 aromatic carbocycles. The van der Waals surface area contributed by atoms with Crippen LogP contribution in [-0.4, -0.2) is 9.97 Å². The van der Waals surface area contributed by atoms with Crippen molar-refractivity contribution in [2.24, 2.45) is 0 Å². The average molecular weight is 299 g/mol. The van der Waals surface area contributed by atoms with E-state index in [1.807, 2.05) is 37.3 Å². The van der Waals surface area contributed by atoms with Gasteiger partial charge in [-0.15, -0.1) is 0 Å². The van der Waals surface area contributed by atoms with E-state index in [9.17, 15) is 0 Å². The average Bonchev–Trinajstić information content (AvgIpc) is 2.40. The Morgan fingerprint density at radius 3 is 2.72 bits per heavy atom. The minimum Gasteiger partial charge on any atom is -0.261 e. The van der Waals surface area contributed by atoms with Crippen molar-refractivity contribution in [1.29, 1.82) is 0 Å². The first-order valence-corrected chi connectivity index (χ1v) is 6.52. The summed E-state index contributed by atoms with van der Waals surface area (Å²) in [5.74, 6) is 0. The first-order valence-electron chi connectivity index (χ1n) is 5.73. The van der Waals surface area contributed by atoms with Gasteiger partial charge in [-0.1, -0.05) is 18.2 Å². The maximum atomic E-state index is 4.72. The molecular weight excluding hydrogens is 288 g/mol. The summed E-state index contributed by atoms with van der Waals surface area (Å²) in [5.41, 5.74) is 4.02. The molecule has 0 aliphatic heterocycles. The first-order chi connectivity index (χ1) is 8.75. The van der Waals surface area contributed by atoms with E-state index in [2.05, 4.69) is 33.0 Å². The molecule has 3 heteroatoms. The highest BCUT2D eigenvalue weighted by molar-refractivity contribution is 9.10. The Morgan fingerprint density at radius 2 is 1.89 bits per heavy atom. The van der Waals surface area contributed by atoms with Gasteiger partial charge < -0.3 is 0 Å². The van der Waals surface area contributed by atoms with Gasteiger partial charge in [-0.05, 0) is 47.1 Å². The third-order valence-electron chi connectivity index (χ3n) is 2.95. The number of nitrogens with zero attached hydrogens (tertiary/aromatic N) is 2. The Labute approximate surface area is 114 Å². The number of aryl methyl sites for hydroxylation is 1. The van der Waals surface area contributed by atoms with Crippen molar-refractivity contribution < 1.29 is 0 Å². The van der Waals surface area contributed by atoms with Gasteiger partial charge in [0.15, 0.2) is 0 Å². The van der Waals surface area contributed by atoms with Crippen LogP contribution in [0.15, 0.2) is 53.1 Å². The standard InChI is InChI=1S/C15H11BrN2/c1-10-12(5-3-9-17-10)14-8-7-11-4-2-6-13(16)15(11)18-14/h2-9H,1H3. The fourth-order valence-corrected chi connectivity index (χ4v) is 2.49. The molecule has 0 atom stereocenters. The number of fused-ring (bicyclic) bond motifs is 1. The third kappa shape index (κ3) is 1.91. The monoisotopic (exact) mass is 298 g/mol. The summed E-state index contributed by atoms with van der Waals surface area (Å²) >= 11 is 3.54. The predicted molar refractivity (Wildman–Crippen MR) is 77.4 cm³/mol. The molecule has 0 aliphatic rings. The number of rotatable bonds is 1. The van der Waals surface area contributed by atoms with Crippen LogP contribution in [-0.2, 0) is 0 Å². The van der Waals surface area contributed by atoms with Crippen molar-refractivity contribution in [1.82, 2.24) is 9.97 Å². The molecule has 18 heavy (non-hydrogen) atoms. The Bertz CT molecular complexity index is 723. The Balaban J connectivity index is 2.26. The quantitative estimate of drug-likeness (QED) is 0.667. The lowest BCUT2D eigenvalue weighted by Gasteiger charge is -2.06. The first kappa shape index (κ1) is 11.4. The summed E-state index contributed by atoms with van der Waals surface area (Å²) in [6.45, 7) is 2.00. The van der Waals surface area contributed by atoms with Crippen LogP contribution in [0, 0.1) is 6.92 Å². The number of benzene rings is 1. The molecular formula is C15H11BrN2. The van der Waals surface area contributed by atoms with Gasteiger partial charge in [0, 0.05) is 27.3 Å². The summed E-state index contributed by atoms with van der Waals surface area (Å²) in [4.78, 5) is 9.03. The lowest BCUT2D eigenvalue weighted by atomic mass is 10.1. The third-order valence-corrected chi connectivity index (χ3v) is 3.59. The molecule has 3 aromatic rings. The van der Waals surface area contributed by atoms with E-state index in [4.69, 9.17) is 4.98 Å². The normalized spacial score (nSPS) is 10.8. The molecule has 0 fully saturated rings. The molecule has 0 bridgehead atoms. The Hall–Kier alpha value is -1.74. The van der Waals surface area contributed by atoms with Crippen molar-refractivity contribution in [3.63, 3.8) is 0 Å². The largest absolute Gasteiger partial charge is 0.261 e.